The van der Waals surface area contributed by atoms with Crippen LogP contribution in [0.3, 0.4) is 0 Å². The maximum Gasteiger partial charge on any atom is 0.220 e. The molecule has 1 heterocycles. The second-order valence-electron chi connectivity index (χ2n) is 21.5. The number of ether oxygens (including phenoxy) is 2. The van der Waals surface area contributed by atoms with Crippen molar-refractivity contribution in [3.8, 4) is 0 Å². The fourth-order valence-corrected chi connectivity index (χ4v) is 9.94. The summed E-state index contributed by atoms with van der Waals surface area (Å²) in [5.74, 6) is -0.180. The van der Waals surface area contributed by atoms with Gasteiger partial charge in [-0.2, -0.15) is 0 Å². The van der Waals surface area contributed by atoms with Gasteiger partial charge in [0.25, 0.3) is 0 Å². The second-order valence-corrected chi connectivity index (χ2v) is 21.5. The molecule has 0 bridgehead atoms. The highest BCUT2D eigenvalue weighted by Crippen LogP contribution is 2.23. The Bertz CT molecular complexity index is 1150. The van der Waals surface area contributed by atoms with Gasteiger partial charge in [-0.3, -0.25) is 4.79 Å². The molecule has 9 heteroatoms. The number of nitrogens with one attached hydrogen (secondary N) is 1. The molecule has 7 atom stereocenters. The molecule has 1 saturated heterocycles. The summed E-state index contributed by atoms with van der Waals surface area (Å²) in [6, 6.07) is -0.819. The summed E-state index contributed by atoms with van der Waals surface area (Å²) in [7, 11) is 0. The van der Waals surface area contributed by atoms with E-state index in [2.05, 4.69) is 31.3 Å². The maximum absolute atomic E-state index is 13.1. The summed E-state index contributed by atoms with van der Waals surface area (Å²) < 4.78 is 11.3. The number of rotatable bonds is 53. The van der Waals surface area contributed by atoms with Crippen molar-refractivity contribution >= 4 is 5.91 Å². The molecule has 0 radical (unpaired) electrons. The molecule has 1 fully saturated rings. The van der Waals surface area contributed by atoms with E-state index in [0.29, 0.717) is 6.42 Å². The molecule has 0 aliphatic carbocycles. The SMILES string of the molecule is CCCCCCCCCCCCCCCCCC/C=C/CC/C=C/C(O)C(COC1OC(CO)C(O)C(O)C1O)NC(=O)CCCCCCCCCCCCCCCCCCCCCCCCCCC. The smallest absolute Gasteiger partial charge is 0.220 e. The first-order valence-electron chi connectivity index (χ1n) is 30.6. The van der Waals surface area contributed by atoms with Crippen molar-refractivity contribution in [3.63, 3.8) is 0 Å². The summed E-state index contributed by atoms with van der Waals surface area (Å²) >= 11 is 0. The lowest BCUT2D eigenvalue weighted by Crippen LogP contribution is -2.60. The monoisotopic (exact) mass is 992 g/mol. The quantitative estimate of drug-likeness (QED) is 0.0261. The molecule has 7 unspecified atom stereocenters. The summed E-state index contributed by atoms with van der Waals surface area (Å²) in [6.45, 7) is 3.81. The third-order valence-corrected chi connectivity index (χ3v) is 14.8. The van der Waals surface area contributed by atoms with Crippen molar-refractivity contribution in [1.29, 1.82) is 0 Å². The van der Waals surface area contributed by atoms with Crippen LogP contribution in [-0.4, -0.2) is 87.5 Å². The van der Waals surface area contributed by atoms with Gasteiger partial charge < -0.3 is 40.3 Å². The van der Waals surface area contributed by atoms with Crippen LogP contribution in [0.25, 0.3) is 0 Å². The molecule has 0 saturated carbocycles. The Labute approximate surface area is 432 Å². The van der Waals surface area contributed by atoms with Crippen LogP contribution in [0.5, 0.6) is 0 Å². The van der Waals surface area contributed by atoms with E-state index in [0.717, 1.165) is 38.5 Å². The Hall–Kier alpha value is -1.33. The van der Waals surface area contributed by atoms with Gasteiger partial charge >= 0.3 is 0 Å². The molecule has 6 N–H and O–H groups in total. The number of unbranched alkanes of at least 4 members (excludes halogenated alkanes) is 41. The van der Waals surface area contributed by atoms with E-state index in [-0.39, 0.29) is 12.5 Å². The van der Waals surface area contributed by atoms with E-state index in [4.69, 9.17) is 9.47 Å². The van der Waals surface area contributed by atoms with Gasteiger partial charge in [-0.15, -0.1) is 0 Å². The molecule has 0 aromatic heterocycles. The Morgan fingerprint density at radius 2 is 0.814 bits per heavy atom. The van der Waals surface area contributed by atoms with Crippen molar-refractivity contribution in [2.45, 2.75) is 346 Å². The zero-order valence-corrected chi connectivity index (χ0v) is 46.0. The Morgan fingerprint density at radius 3 is 1.20 bits per heavy atom. The molecular formula is C61H117NO8. The van der Waals surface area contributed by atoms with Crippen LogP contribution in [0.15, 0.2) is 24.3 Å². The van der Waals surface area contributed by atoms with Crippen LogP contribution in [0, 0.1) is 0 Å². The van der Waals surface area contributed by atoms with Crippen LogP contribution >= 0.6 is 0 Å². The van der Waals surface area contributed by atoms with Crippen molar-refractivity contribution in [1.82, 2.24) is 5.32 Å². The van der Waals surface area contributed by atoms with Crippen molar-refractivity contribution < 1.29 is 39.8 Å². The van der Waals surface area contributed by atoms with Crippen molar-refractivity contribution in [2.75, 3.05) is 13.2 Å². The molecule has 0 spiro atoms. The van der Waals surface area contributed by atoms with Crippen LogP contribution in [-0.2, 0) is 14.3 Å². The molecule has 1 aliphatic rings. The summed E-state index contributed by atoms with van der Waals surface area (Å²) in [4.78, 5) is 13.1. The number of hydrogen-bond donors (Lipinski definition) is 6. The number of amides is 1. The Morgan fingerprint density at radius 1 is 0.471 bits per heavy atom. The standard InChI is InChI=1S/C61H117NO8/c1-3-5-7-9-11-13-15-17-19-21-23-25-27-28-29-31-33-35-37-39-41-43-45-47-49-51-57(65)62-54(53-69-61-60(68)59(67)58(66)56(52-63)70-61)55(64)50-48-46-44-42-40-38-36-34-32-30-26-24-22-20-18-16-14-12-10-8-6-4-2/h40,42,48,50,54-56,58-61,63-64,66-68H,3-39,41,43-47,49,51-53H2,1-2H3,(H,62,65)/b42-40+,50-48+. The minimum atomic E-state index is -1.57. The molecule has 0 aromatic carbocycles. The van der Waals surface area contributed by atoms with Gasteiger partial charge in [0.05, 0.1) is 25.4 Å². The van der Waals surface area contributed by atoms with E-state index in [1.54, 1.807) is 6.08 Å². The zero-order valence-electron chi connectivity index (χ0n) is 46.0. The first-order valence-corrected chi connectivity index (χ1v) is 30.6. The first-order chi connectivity index (χ1) is 34.3. The molecule has 9 nitrogen and oxygen atoms in total. The highest BCUT2D eigenvalue weighted by atomic mass is 16.7. The second kappa shape index (κ2) is 51.2. The van der Waals surface area contributed by atoms with Crippen LogP contribution in [0.4, 0.5) is 0 Å². The summed E-state index contributed by atoms with van der Waals surface area (Å²) in [5.41, 5.74) is 0. The minimum Gasteiger partial charge on any atom is -0.394 e. The average Bonchev–Trinajstić information content (AvgIpc) is 3.36. The van der Waals surface area contributed by atoms with E-state index in [9.17, 15) is 30.3 Å². The maximum atomic E-state index is 13.1. The van der Waals surface area contributed by atoms with E-state index < -0.39 is 49.5 Å². The summed E-state index contributed by atoms with van der Waals surface area (Å²) in [5, 5.41) is 54.6. The number of aliphatic hydroxyl groups is 5. The Kier molecular flexibility index (Phi) is 48.7. The fraction of sp³-hybridized carbons (Fsp3) is 0.918. The van der Waals surface area contributed by atoms with E-state index >= 15 is 0 Å². The third kappa shape index (κ3) is 40.1. The average molecular weight is 993 g/mol. The Balaban J connectivity index is 2.21. The lowest BCUT2D eigenvalue weighted by Gasteiger charge is -2.40. The minimum absolute atomic E-state index is 0.180. The largest absolute Gasteiger partial charge is 0.394 e. The zero-order chi connectivity index (χ0) is 50.8. The molecule has 1 rings (SSSR count). The van der Waals surface area contributed by atoms with Crippen LogP contribution in [0.2, 0.25) is 0 Å². The van der Waals surface area contributed by atoms with E-state index in [1.165, 1.54) is 244 Å². The lowest BCUT2D eigenvalue weighted by atomic mass is 9.99. The number of hydrogen-bond acceptors (Lipinski definition) is 8. The number of allylic oxidation sites excluding steroid dienone is 3. The van der Waals surface area contributed by atoms with Gasteiger partial charge in [-0.1, -0.05) is 289 Å². The molecule has 414 valence electrons. The predicted molar refractivity (Wildman–Crippen MR) is 295 cm³/mol. The van der Waals surface area contributed by atoms with Gasteiger partial charge in [0.1, 0.15) is 24.4 Å². The third-order valence-electron chi connectivity index (χ3n) is 14.8. The van der Waals surface area contributed by atoms with Crippen molar-refractivity contribution in [2.24, 2.45) is 0 Å². The van der Waals surface area contributed by atoms with Gasteiger partial charge in [-0.25, -0.2) is 0 Å². The van der Waals surface area contributed by atoms with Crippen molar-refractivity contribution in [3.05, 3.63) is 24.3 Å². The normalized spacial score (nSPS) is 19.4. The van der Waals surface area contributed by atoms with Gasteiger partial charge in [-0.05, 0) is 32.1 Å². The predicted octanol–water partition coefficient (Wildman–Crippen LogP) is 15.4. The molecule has 70 heavy (non-hydrogen) atoms. The van der Waals surface area contributed by atoms with E-state index in [1.807, 2.05) is 6.08 Å². The first kappa shape index (κ1) is 66.7. The van der Waals surface area contributed by atoms with Gasteiger partial charge in [0.15, 0.2) is 6.29 Å². The number of aliphatic hydroxyl groups excluding tert-OH is 5. The number of carbonyl (C=O) groups excluding carboxylic acids is 1. The fourth-order valence-electron chi connectivity index (χ4n) is 9.94. The van der Waals surface area contributed by atoms with Crippen LogP contribution in [0.1, 0.15) is 303 Å². The molecular weight excluding hydrogens is 875 g/mol. The van der Waals surface area contributed by atoms with Gasteiger partial charge in [0.2, 0.25) is 5.91 Å². The van der Waals surface area contributed by atoms with Gasteiger partial charge in [0, 0.05) is 6.42 Å². The number of carbonyl (C=O) groups is 1. The summed E-state index contributed by atoms with van der Waals surface area (Å²) in [6.07, 6.45) is 58.3. The molecule has 1 aliphatic heterocycles. The highest BCUT2D eigenvalue weighted by molar-refractivity contribution is 5.76. The molecule has 0 aromatic rings. The lowest BCUT2D eigenvalue weighted by molar-refractivity contribution is -0.302. The highest BCUT2D eigenvalue weighted by Gasteiger charge is 2.44. The topological polar surface area (TPSA) is 149 Å². The molecule has 1 amide bonds. The van der Waals surface area contributed by atoms with Crippen LogP contribution < -0.4 is 5.32 Å².